The molecule has 0 radical (unpaired) electrons. The Morgan fingerprint density at radius 2 is 2.00 bits per heavy atom. The molecule has 1 atom stereocenters. The van der Waals surface area contributed by atoms with E-state index in [1.165, 1.54) is 0 Å². The SMILES string of the molecule is CCC(C)Nc1cc(OC)nc(CC(C)C)n1. The van der Waals surface area contributed by atoms with Crippen molar-refractivity contribution < 1.29 is 4.74 Å². The summed E-state index contributed by atoms with van der Waals surface area (Å²) >= 11 is 0. The highest BCUT2D eigenvalue weighted by atomic mass is 16.5. The molecule has 4 heteroatoms. The van der Waals surface area contributed by atoms with Crippen molar-refractivity contribution in [2.45, 2.75) is 46.6 Å². The molecule has 0 aliphatic rings. The molecular formula is C13H23N3O. The van der Waals surface area contributed by atoms with Crippen molar-refractivity contribution in [3.05, 3.63) is 11.9 Å². The van der Waals surface area contributed by atoms with Crippen molar-refractivity contribution in [3.8, 4) is 5.88 Å². The highest BCUT2D eigenvalue weighted by Gasteiger charge is 2.08. The molecule has 0 fully saturated rings. The van der Waals surface area contributed by atoms with Gasteiger partial charge in [-0.2, -0.15) is 4.98 Å². The summed E-state index contributed by atoms with van der Waals surface area (Å²) in [6.07, 6.45) is 1.93. The summed E-state index contributed by atoms with van der Waals surface area (Å²) in [6.45, 7) is 8.59. The Morgan fingerprint density at radius 1 is 1.29 bits per heavy atom. The summed E-state index contributed by atoms with van der Waals surface area (Å²) < 4.78 is 5.20. The fourth-order valence-corrected chi connectivity index (χ4v) is 1.46. The molecule has 0 bridgehead atoms. The second-order valence-corrected chi connectivity index (χ2v) is 4.76. The standard InChI is InChI=1S/C13H23N3O/c1-6-10(4)14-12-8-13(17-5)16-11(15-12)7-9(2)3/h8-10H,6-7H2,1-5H3,(H,14,15,16). The van der Waals surface area contributed by atoms with E-state index in [2.05, 4.69) is 43.0 Å². The maximum atomic E-state index is 5.20. The van der Waals surface area contributed by atoms with Gasteiger partial charge >= 0.3 is 0 Å². The van der Waals surface area contributed by atoms with Crippen molar-refractivity contribution in [2.75, 3.05) is 12.4 Å². The van der Waals surface area contributed by atoms with Crippen LogP contribution in [0.2, 0.25) is 0 Å². The molecule has 96 valence electrons. The highest BCUT2D eigenvalue weighted by Crippen LogP contribution is 2.16. The van der Waals surface area contributed by atoms with Gasteiger partial charge in [0.15, 0.2) is 0 Å². The first kappa shape index (κ1) is 13.7. The third-order valence-electron chi connectivity index (χ3n) is 2.56. The van der Waals surface area contributed by atoms with Crippen LogP contribution in [0, 0.1) is 5.92 Å². The van der Waals surface area contributed by atoms with Gasteiger partial charge < -0.3 is 10.1 Å². The summed E-state index contributed by atoms with van der Waals surface area (Å²) in [5, 5.41) is 3.35. The van der Waals surface area contributed by atoms with E-state index < -0.39 is 0 Å². The van der Waals surface area contributed by atoms with Gasteiger partial charge in [0.2, 0.25) is 5.88 Å². The minimum atomic E-state index is 0.404. The average molecular weight is 237 g/mol. The predicted molar refractivity (Wildman–Crippen MR) is 70.5 cm³/mol. The lowest BCUT2D eigenvalue weighted by molar-refractivity contribution is 0.394. The molecule has 0 amide bonds. The van der Waals surface area contributed by atoms with Gasteiger partial charge in [0.1, 0.15) is 11.6 Å². The Balaban J connectivity index is 2.88. The summed E-state index contributed by atoms with van der Waals surface area (Å²) in [5.74, 6) is 2.85. The van der Waals surface area contributed by atoms with Crippen LogP contribution in [-0.2, 0) is 6.42 Å². The number of nitrogens with zero attached hydrogens (tertiary/aromatic N) is 2. The topological polar surface area (TPSA) is 47.0 Å². The van der Waals surface area contributed by atoms with Gasteiger partial charge in [0, 0.05) is 18.5 Å². The average Bonchev–Trinajstić information content (AvgIpc) is 2.27. The summed E-state index contributed by atoms with van der Waals surface area (Å²) in [5.41, 5.74) is 0. The van der Waals surface area contributed by atoms with Crippen molar-refractivity contribution >= 4 is 5.82 Å². The second-order valence-electron chi connectivity index (χ2n) is 4.76. The molecule has 1 aromatic heterocycles. The number of ether oxygens (including phenoxy) is 1. The van der Waals surface area contributed by atoms with E-state index in [4.69, 9.17) is 4.74 Å². The number of hydrogen-bond donors (Lipinski definition) is 1. The number of rotatable bonds is 6. The lowest BCUT2D eigenvalue weighted by Crippen LogP contribution is -2.16. The summed E-state index contributed by atoms with van der Waals surface area (Å²) in [4.78, 5) is 8.86. The van der Waals surface area contributed by atoms with Crippen LogP contribution >= 0.6 is 0 Å². The Bertz CT molecular complexity index is 353. The Kier molecular flexibility index (Phi) is 5.19. The molecule has 1 aromatic rings. The van der Waals surface area contributed by atoms with Gasteiger partial charge in [0.25, 0.3) is 0 Å². The summed E-state index contributed by atoms with van der Waals surface area (Å²) in [6, 6.07) is 2.25. The minimum Gasteiger partial charge on any atom is -0.481 e. The van der Waals surface area contributed by atoms with Gasteiger partial charge in [-0.15, -0.1) is 0 Å². The molecule has 4 nitrogen and oxygen atoms in total. The molecule has 0 aliphatic heterocycles. The van der Waals surface area contributed by atoms with E-state index in [1.807, 2.05) is 6.07 Å². The van der Waals surface area contributed by atoms with Crippen molar-refractivity contribution in [1.29, 1.82) is 0 Å². The van der Waals surface area contributed by atoms with E-state index in [9.17, 15) is 0 Å². The first-order valence-electron chi connectivity index (χ1n) is 6.23. The number of methoxy groups -OCH3 is 1. The van der Waals surface area contributed by atoms with Gasteiger partial charge in [-0.05, 0) is 19.3 Å². The van der Waals surface area contributed by atoms with Crippen LogP contribution in [0.3, 0.4) is 0 Å². The summed E-state index contributed by atoms with van der Waals surface area (Å²) in [7, 11) is 1.63. The van der Waals surface area contributed by atoms with Crippen LogP contribution in [0.25, 0.3) is 0 Å². The van der Waals surface area contributed by atoms with Crippen LogP contribution in [-0.4, -0.2) is 23.1 Å². The van der Waals surface area contributed by atoms with E-state index in [0.29, 0.717) is 17.8 Å². The lowest BCUT2D eigenvalue weighted by atomic mass is 10.1. The Morgan fingerprint density at radius 3 is 2.53 bits per heavy atom. The minimum absolute atomic E-state index is 0.404. The van der Waals surface area contributed by atoms with E-state index in [1.54, 1.807) is 7.11 Å². The number of hydrogen-bond acceptors (Lipinski definition) is 4. The van der Waals surface area contributed by atoms with Gasteiger partial charge in [-0.1, -0.05) is 20.8 Å². The molecule has 0 spiro atoms. The molecular weight excluding hydrogens is 214 g/mol. The molecule has 1 rings (SSSR count). The van der Waals surface area contributed by atoms with E-state index >= 15 is 0 Å². The van der Waals surface area contributed by atoms with Crippen LogP contribution < -0.4 is 10.1 Å². The fourth-order valence-electron chi connectivity index (χ4n) is 1.46. The van der Waals surface area contributed by atoms with Crippen LogP contribution in [0.1, 0.15) is 39.9 Å². The fraction of sp³-hybridized carbons (Fsp3) is 0.692. The molecule has 0 aliphatic carbocycles. The predicted octanol–water partition coefficient (Wildman–Crippen LogP) is 2.89. The molecule has 0 aromatic carbocycles. The normalized spacial score (nSPS) is 12.6. The third-order valence-corrected chi connectivity index (χ3v) is 2.56. The second kappa shape index (κ2) is 6.42. The largest absolute Gasteiger partial charge is 0.481 e. The zero-order valence-electron chi connectivity index (χ0n) is 11.4. The molecule has 17 heavy (non-hydrogen) atoms. The smallest absolute Gasteiger partial charge is 0.218 e. The van der Waals surface area contributed by atoms with Gasteiger partial charge in [-0.25, -0.2) is 4.98 Å². The first-order valence-corrected chi connectivity index (χ1v) is 6.23. The van der Waals surface area contributed by atoms with Crippen LogP contribution in [0.4, 0.5) is 5.82 Å². The Labute approximate surface area is 104 Å². The third kappa shape index (κ3) is 4.59. The van der Waals surface area contributed by atoms with Crippen LogP contribution in [0.5, 0.6) is 5.88 Å². The number of aromatic nitrogens is 2. The molecule has 1 heterocycles. The Hall–Kier alpha value is -1.32. The number of nitrogens with one attached hydrogen (secondary N) is 1. The quantitative estimate of drug-likeness (QED) is 0.826. The first-order chi connectivity index (χ1) is 8.05. The zero-order chi connectivity index (χ0) is 12.8. The molecule has 0 saturated heterocycles. The van der Waals surface area contributed by atoms with Gasteiger partial charge in [0.05, 0.1) is 7.11 Å². The lowest BCUT2D eigenvalue weighted by Gasteiger charge is -2.14. The molecule has 0 saturated carbocycles. The number of anilines is 1. The van der Waals surface area contributed by atoms with Crippen molar-refractivity contribution in [3.63, 3.8) is 0 Å². The van der Waals surface area contributed by atoms with Crippen molar-refractivity contribution in [2.24, 2.45) is 5.92 Å². The maximum Gasteiger partial charge on any atom is 0.218 e. The van der Waals surface area contributed by atoms with E-state index in [-0.39, 0.29) is 0 Å². The monoisotopic (exact) mass is 237 g/mol. The van der Waals surface area contributed by atoms with Crippen LogP contribution in [0.15, 0.2) is 6.07 Å². The highest BCUT2D eigenvalue weighted by molar-refractivity contribution is 5.39. The maximum absolute atomic E-state index is 5.20. The van der Waals surface area contributed by atoms with Gasteiger partial charge in [-0.3, -0.25) is 0 Å². The van der Waals surface area contributed by atoms with Crippen molar-refractivity contribution in [1.82, 2.24) is 9.97 Å². The zero-order valence-corrected chi connectivity index (χ0v) is 11.4. The molecule has 1 unspecified atom stereocenters. The van der Waals surface area contributed by atoms with E-state index in [0.717, 1.165) is 24.5 Å². The molecule has 1 N–H and O–H groups in total.